The highest BCUT2D eigenvalue weighted by atomic mass is 32.2. The number of aromatic amines is 2. The van der Waals surface area contributed by atoms with Gasteiger partial charge < -0.3 is 38.9 Å². The van der Waals surface area contributed by atoms with Crippen LogP contribution >= 0.6 is 0 Å². The number of methoxy groups -OCH3 is 1. The Kier molecular flexibility index (Phi) is 14.4. The molecule has 0 unspecified atom stereocenters. The average molecular weight is 1200 g/mol. The molecule has 434 valence electrons. The SMILES string of the molecule is CNC(=O)c1c(-c2ccc(F)cc2)oc2cc(N(C)S(C)(=O)=O)c(-c3cc(OCCS(=O)(=O)N(C)c4cc5oc(-c6ccc(F)cc6)c(C(=O)NC)c5cc4-c4cc(-c5cc6ccccc6[nH]5)cc(OC)n4)nc(-c4cc5ccccc5[nH]4)c3)cc12. The van der Waals surface area contributed by atoms with Crippen LogP contribution in [0.1, 0.15) is 20.7 Å². The van der Waals surface area contributed by atoms with E-state index >= 15 is 0 Å². The number of nitrogens with zero attached hydrogens (tertiary/aromatic N) is 4. The molecule has 2 amide bonds. The minimum absolute atomic E-state index is 0.0504. The van der Waals surface area contributed by atoms with Gasteiger partial charge in [0, 0.05) is 119 Å². The van der Waals surface area contributed by atoms with Gasteiger partial charge in [0.25, 0.3) is 11.8 Å². The van der Waals surface area contributed by atoms with Crippen LogP contribution < -0.4 is 28.7 Å². The number of pyridine rings is 2. The Morgan fingerprint density at radius 3 is 1.59 bits per heavy atom. The Hall–Kier alpha value is -10.3. The highest BCUT2D eigenvalue weighted by molar-refractivity contribution is 7.92. The van der Waals surface area contributed by atoms with E-state index in [0.29, 0.717) is 50.0 Å². The Morgan fingerprint density at radius 1 is 0.570 bits per heavy atom. The molecular weight excluding hydrogens is 1140 g/mol. The van der Waals surface area contributed by atoms with Crippen LogP contribution in [-0.4, -0.2) is 103 Å². The maximum absolute atomic E-state index is 15.0. The fourth-order valence-electron chi connectivity index (χ4n) is 10.5. The molecule has 0 radical (unpaired) electrons. The van der Waals surface area contributed by atoms with Crippen LogP contribution in [0, 0.1) is 11.6 Å². The Bertz CT molecular complexity index is 4860. The molecule has 12 rings (SSSR count). The van der Waals surface area contributed by atoms with Gasteiger partial charge in [0.1, 0.15) is 46.7 Å². The molecule has 86 heavy (non-hydrogen) atoms. The second-order valence-corrected chi connectivity index (χ2v) is 24.4. The number of sulfonamides is 2. The molecule has 0 aliphatic carbocycles. The number of hydrogen-bond donors (Lipinski definition) is 4. The second-order valence-electron chi connectivity index (χ2n) is 20.3. The minimum atomic E-state index is -4.39. The van der Waals surface area contributed by atoms with E-state index in [1.807, 2.05) is 60.7 Å². The minimum Gasteiger partial charge on any atom is -0.481 e. The first-order valence-corrected chi connectivity index (χ1v) is 30.2. The third-order valence-electron chi connectivity index (χ3n) is 15.0. The number of rotatable bonds is 17. The van der Waals surface area contributed by atoms with Gasteiger partial charge in [-0.25, -0.2) is 35.6 Å². The van der Waals surface area contributed by atoms with Crippen molar-refractivity contribution in [2.24, 2.45) is 0 Å². The fraction of sp³-hybridized carbons (Fsp3) is 0.125. The molecule has 6 aromatic carbocycles. The molecular formula is C64H52F2N8O10S2. The number of para-hydroxylation sites is 2. The number of fused-ring (bicyclic) bond motifs is 4. The molecule has 22 heteroatoms. The van der Waals surface area contributed by atoms with Crippen LogP contribution in [0.25, 0.3) is 111 Å². The largest absolute Gasteiger partial charge is 0.481 e. The average Bonchev–Trinajstić information content (AvgIpc) is 1.82. The van der Waals surface area contributed by atoms with Gasteiger partial charge in [-0.15, -0.1) is 0 Å². The number of H-pyrrole nitrogens is 2. The highest BCUT2D eigenvalue weighted by Crippen LogP contribution is 2.45. The predicted molar refractivity (Wildman–Crippen MR) is 329 cm³/mol. The van der Waals surface area contributed by atoms with Crippen molar-refractivity contribution < 1.29 is 53.5 Å². The summed E-state index contributed by atoms with van der Waals surface area (Å²) in [5.74, 6) is -2.31. The lowest BCUT2D eigenvalue weighted by atomic mass is 9.98. The molecule has 0 aliphatic rings. The zero-order chi connectivity index (χ0) is 60.3. The molecule has 0 fully saturated rings. The molecule has 0 atom stereocenters. The number of carbonyl (C=O) groups excluding carboxylic acids is 2. The fourth-order valence-corrected chi connectivity index (χ4v) is 12.0. The number of carbonyl (C=O) groups is 2. The third kappa shape index (κ3) is 10.5. The summed E-state index contributed by atoms with van der Waals surface area (Å²) < 4.78 is 112. The predicted octanol–water partition coefficient (Wildman–Crippen LogP) is 12.2. The van der Waals surface area contributed by atoms with Crippen molar-refractivity contribution in [2.45, 2.75) is 0 Å². The van der Waals surface area contributed by atoms with Gasteiger partial charge in [-0.3, -0.25) is 18.2 Å². The number of nitrogens with one attached hydrogen (secondary N) is 4. The first-order valence-electron chi connectivity index (χ1n) is 26.7. The van der Waals surface area contributed by atoms with Gasteiger partial charge in [-0.05, 0) is 103 Å². The van der Waals surface area contributed by atoms with Gasteiger partial charge in [-0.1, -0.05) is 36.4 Å². The number of benzene rings is 6. The normalized spacial score (nSPS) is 11.9. The van der Waals surface area contributed by atoms with Gasteiger partial charge in [0.15, 0.2) is 0 Å². The summed E-state index contributed by atoms with van der Waals surface area (Å²) >= 11 is 0. The summed E-state index contributed by atoms with van der Waals surface area (Å²) in [6, 6.07) is 43.0. The van der Waals surface area contributed by atoms with E-state index < -0.39 is 55.9 Å². The zero-order valence-electron chi connectivity index (χ0n) is 46.9. The lowest BCUT2D eigenvalue weighted by molar-refractivity contribution is 0.0956. The van der Waals surface area contributed by atoms with Gasteiger partial charge >= 0.3 is 0 Å². The molecule has 6 heterocycles. The van der Waals surface area contributed by atoms with Crippen molar-refractivity contribution in [1.29, 1.82) is 0 Å². The molecule has 4 N–H and O–H groups in total. The van der Waals surface area contributed by atoms with Crippen molar-refractivity contribution in [3.63, 3.8) is 0 Å². The molecule has 18 nitrogen and oxygen atoms in total. The standard InChI is InChI=1S/C64H52F2N8O10S2/c1-67-63(75)59-45-31-43(53(73(3)85(6,77)78)33-55(45)83-61(59)35-15-19-41(65)20-16-35)39-27-52(51-26-38-12-8-10-14-48(38)70-51)72-58(29-39)82-23-24-86(79,80)74(4)54-34-56-46(60(64(76)68-2)62(84-56)36-17-21-42(66)22-18-36)32-44(54)50-28-40(30-57(71-50)81-5)49-25-37-11-7-9-13-47(37)69-49/h7-22,25-34,69-70H,23-24H2,1-6H3,(H,67,75)(H,68,76). The van der Waals surface area contributed by atoms with E-state index in [1.54, 1.807) is 30.3 Å². The van der Waals surface area contributed by atoms with E-state index in [4.69, 9.17) is 28.3 Å². The van der Waals surface area contributed by atoms with Crippen molar-refractivity contribution >= 4 is 87.0 Å². The molecule has 0 saturated heterocycles. The van der Waals surface area contributed by atoms with Crippen molar-refractivity contribution in [3.05, 3.63) is 180 Å². The van der Waals surface area contributed by atoms with E-state index in [2.05, 4.69) is 20.6 Å². The summed E-state index contributed by atoms with van der Waals surface area (Å²) in [4.78, 5) is 44.2. The number of furan rings is 2. The quantitative estimate of drug-likeness (QED) is 0.0666. The first-order chi connectivity index (χ1) is 41.3. The monoisotopic (exact) mass is 1190 g/mol. The summed E-state index contributed by atoms with van der Waals surface area (Å²) in [6.07, 6.45) is 1.04. The number of anilines is 2. The molecule has 12 aromatic rings. The van der Waals surface area contributed by atoms with Crippen molar-refractivity contribution in [1.82, 2.24) is 30.6 Å². The lowest BCUT2D eigenvalue weighted by Crippen LogP contribution is -2.31. The topological polar surface area (TPSA) is 235 Å². The van der Waals surface area contributed by atoms with E-state index in [0.717, 1.165) is 42.4 Å². The van der Waals surface area contributed by atoms with Gasteiger partial charge in [-0.2, -0.15) is 0 Å². The van der Waals surface area contributed by atoms with Gasteiger partial charge in [0.05, 0.1) is 52.9 Å². The number of aromatic nitrogens is 4. The van der Waals surface area contributed by atoms with Crippen LogP contribution in [-0.2, 0) is 20.0 Å². The zero-order valence-corrected chi connectivity index (χ0v) is 48.5. The number of amides is 2. The molecule has 6 aromatic heterocycles. The molecule has 0 spiro atoms. The van der Waals surface area contributed by atoms with E-state index in [1.165, 1.54) is 102 Å². The number of ether oxygens (including phenoxy) is 2. The van der Waals surface area contributed by atoms with Crippen LogP contribution in [0.5, 0.6) is 11.8 Å². The van der Waals surface area contributed by atoms with Crippen molar-refractivity contribution in [3.8, 4) is 79.4 Å². The van der Waals surface area contributed by atoms with Crippen LogP contribution in [0.3, 0.4) is 0 Å². The molecule has 0 saturated carbocycles. The summed E-state index contributed by atoms with van der Waals surface area (Å²) in [6.45, 7) is -0.468. The Labute approximate surface area is 491 Å². The maximum atomic E-state index is 15.0. The molecule has 0 aliphatic heterocycles. The maximum Gasteiger partial charge on any atom is 0.255 e. The third-order valence-corrected chi connectivity index (χ3v) is 17.9. The summed E-state index contributed by atoms with van der Waals surface area (Å²) in [5.41, 5.74) is 6.61. The van der Waals surface area contributed by atoms with Crippen molar-refractivity contribution in [2.75, 3.05) is 62.5 Å². The Balaban J connectivity index is 0.967. The lowest BCUT2D eigenvalue weighted by Gasteiger charge is -2.23. The van der Waals surface area contributed by atoms with Gasteiger partial charge in [0.2, 0.25) is 31.8 Å². The van der Waals surface area contributed by atoms with Crippen LogP contribution in [0.2, 0.25) is 0 Å². The van der Waals surface area contributed by atoms with E-state index in [-0.39, 0.29) is 68.2 Å². The smallest absolute Gasteiger partial charge is 0.255 e. The number of hydrogen-bond acceptors (Lipinski definition) is 12. The summed E-state index contributed by atoms with van der Waals surface area (Å²) in [5, 5.41) is 7.74. The second kappa shape index (κ2) is 22.0. The number of halogens is 2. The molecule has 0 bridgehead atoms. The first kappa shape index (κ1) is 56.2. The Morgan fingerprint density at radius 2 is 1.06 bits per heavy atom. The summed E-state index contributed by atoms with van der Waals surface area (Å²) in [7, 11) is -1.24. The highest BCUT2D eigenvalue weighted by Gasteiger charge is 2.31. The van der Waals surface area contributed by atoms with E-state index in [9.17, 15) is 35.2 Å². The van der Waals surface area contributed by atoms with Crippen LogP contribution in [0.15, 0.2) is 167 Å². The van der Waals surface area contributed by atoms with Crippen LogP contribution in [0.4, 0.5) is 20.2 Å².